The molecule has 0 saturated carbocycles. The van der Waals surface area contributed by atoms with Gasteiger partial charge >= 0.3 is 18.9 Å². The van der Waals surface area contributed by atoms with Crippen LogP contribution < -0.4 is 24.0 Å². The van der Waals surface area contributed by atoms with Gasteiger partial charge in [-0.2, -0.15) is 0 Å². The molecule has 110 valence electrons. The number of nitrogens with zero attached hydrogens (tertiary/aromatic N) is 2. The maximum Gasteiger partial charge on any atom is 1.00 e. The summed E-state index contributed by atoms with van der Waals surface area (Å²) >= 11 is 0. The van der Waals surface area contributed by atoms with Crippen LogP contribution in [0.25, 0.3) is 0 Å². The molecule has 1 heterocycles. The van der Waals surface area contributed by atoms with Crippen molar-refractivity contribution < 1.29 is 43.3 Å². The number of carboxylic acid groups (broad SMARTS) is 1. The average molecular weight is 298 g/mol. The molecule has 0 aliphatic carbocycles. The average Bonchev–Trinajstić information content (AvgIpc) is 2.63. The third-order valence-electron chi connectivity index (χ3n) is 3.27. The minimum atomic E-state index is -1.58. The van der Waals surface area contributed by atoms with E-state index in [2.05, 4.69) is 0 Å². The number of nitro benzene ring substituents is 1. The topological polar surface area (TPSA) is 121 Å². The van der Waals surface area contributed by atoms with E-state index in [-0.39, 0.29) is 30.0 Å². The van der Waals surface area contributed by atoms with Crippen LogP contribution in [0.15, 0.2) is 18.2 Å². The second-order valence-electron chi connectivity index (χ2n) is 4.95. The molecule has 0 saturated heterocycles. The van der Waals surface area contributed by atoms with Gasteiger partial charge in [0.25, 0.3) is 17.5 Å². The van der Waals surface area contributed by atoms with Crippen molar-refractivity contribution >= 4 is 23.5 Å². The van der Waals surface area contributed by atoms with Crippen molar-refractivity contribution in [3.63, 3.8) is 0 Å². The summed E-state index contributed by atoms with van der Waals surface area (Å²) in [6.45, 7) is 3.02. The number of carbonyl (C=O) groups excluding carboxylic acids is 3. The van der Waals surface area contributed by atoms with Gasteiger partial charge in [0, 0.05) is 6.07 Å². The molecule has 0 bridgehead atoms. The monoisotopic (exact) mass is 298 g/mol. The minimum absolute atomic E-state index is 0. The number of amides is 2. The number of hydrogen-bond donors (Lipinski definition) is 0. The zero-order valence-electron chi connectivity index (χ0n) is 12.2. The predicted molar refractivity (Wildman–Crippen MR) is 67.2 cm³/mol. The normalized spacial score (nSPS) is 14.6. The molecule has 0 aromatic heterocycles. The van der Waals surface area contributed by atoms with Crippen LogP contribution in [0.3, 0.4) is 0 Å². The summed E-state index contributed by atoms with van der Waals surface area (Å²) in [7, 11) is 0. The Morgan fingerprint density at radius 3 is 2.27 bits per heavy atom. The van der Waals surface area contributed by atoms with Crippen LogP contribution in [-0.4, -0.2) is 33.6 Å². The number of nitro groups is 1. The zero-order chi connectivity index (χ0) is 15.9. The van der Waals surface area contributed by atoms with Gasteiger partial charge in [-0.1, -0.05) is 19.9 Å². The van der Waals surface area contributed by atoms with Gasteiger partial charge in [-0.25, -0.2) is 0 Å². The molecule has 1 unspecified atom stereocenters. The maximum absolute atomic E-state index is 12.3. The first-order valence-electron chi connectivity index (χ1n) is 6.13. The molecule has 1 aromatic carbocycles. The van der Waals surface area contributed by atoms with Crippen molar-refractivity contribution in [3.8, 4) is 0 Å². The van der Waals surface area contributed by atoms with Gasteiger partial charge in [-0.3, -0.25) is 24.6 Å². The zero-order valence-corrected chi connectivity index (χ0v) is 12.2. The van der Waals surface area contributed by atoms with Gasteiger partial charge in [0.05, 0.1) is 22.5 Å². The number of rotatable bonds is 4. The van der Waals surface area contributed by atoms with E-state index in [1.807, 2.05) is 0 Å². The summed E-state index contributed by atoms with van der Waals surface area (Å²) in [5, 5.41) is 22.1. The standard InChI is InChI=1S/C13H12N2O6.Li/c1-6(2)10(13(18)19)14-11(16)7-4-3-5-8(15(20)21)9(7)12(14)17;/h3-6,10H,1-2H3,(H,18,19);/q;+1/p-1. The summed E-state index contributed by atoms with van der Waals surface area (Å²) in [4.78, 5) is 46.4. The van der Waals surface area contributed by atoms with Crippen LogP contribution in [0.4, 0.5) is 5.69 Å². The van der Waals surface area contributed by atoms with Crippen molar-refractivity contribution in [2.75, 3.05) is 0 Å². The Labute approximate surface area is 137 Å². The fourth-order valence-corrected chi connectivity index (χ4v) is 2.37. The van der Waals surface area contributed by atoms with Crippen molar-refractivity contribution in [2.24, 2.45) is 5.92 Å². The van der Waals surface area contributed by atoms with Gasteiger partial charge in [-0.15, -0.1) is 0 Å². The number of carbonyl (C=O) groups is 3. The summed E-state index contributed by atoms with van der Waals surface area (Å²) in [6, 6.07) is 2.15. The quantitative estimate of drug-likeness (QED) is 0.252. The Morgan fingerprint density at radius 2 is 1.82 bits per heavy atom. The number of aliphatic carboxylic acids is 1. The van der Waals surface area contributed by atoms with E-state index in [9.17, 15) is 29.6 Å². The van der Waals surface area contributed by atoms with Gasteiger partial charge in [0.1, 0.15) is 5.56 Å². The molecular formula is C13H11LiN2O6. The van der Waals surface area contributed by atoms with E-state index in [0.717, 1.165) is 6.07 Å². The number of fused-ring (bicyclic) bond motifs is 1. The van der Waals surface area contributed by atoms with Crippen LogP contribution in [0, 0.1) is 16.0 Å². The molecule has 2 rings (SSSR count). The van der Waals surface area contributed by atoms with Gasteiger partial charge in [0.2, 0.25) is 0 Å². The summed E-state index contributed by atoms with van der Waals surface area (Å²) < 4.78 is 0. The van der Waals surface area contributed by atoms with Crippen molar-refractivity contribution in [2.45, 2.75) is 19.9 Å². The predicted octanol–water partition coefficient (Wildman–Crippen LogP) is -3.03. The van der Waals surface area contributed by atoms with Crippen molar-refractivity contribution in [1.29, 1.82) is 0 Å². The Morgan fingerprint density at radius 1 is 1.23 bits per heavy atom. The van der Waals surface area contributed by atoms with E-state index >= 15 is 0 Å². The number of benzene rings is 1. The van der Waals surface area contributed by atoms with Gasteiger partial charge < -0.3 is 9.90 Å². The third-order valence-corrected chi connectivity index (χ3v) is 3.27. The van der Waals surface area contributed by atoms with Gasteiger partial charge in [0.15, 0.2) is 0 Å². The number of carboxylic acids is 1. The number of imide groups is 1. The summed E-state index contributed by atoms with van der Waals surface area (Å²) in [6.07, 6.45) is 0. The van der Waals surface area contributed by atoms with E-state index in [0.29, 0.717) is 4.90 Å². The Balaban J connectivity index is 0.00000242. The summed E-state index contributed by atoms with van der Waals surface area (Å²) in [5.74, 6) is -4.01. The summed E-state index contributed by atoms with van der Waals surface area (Å²) in [5.41, 5.74) is -1.06. The first-order valence-corrected chi connectivity index (χ1v) is 6.13. The van der Waals surface area contributed by atoms with Crippen LogP contribution in [-0.2, 0) is 4.79 Å². The van der Waals surface area contributed by atoms with E-state index in [1.54, 1.807) is 0 Å². The van der Waals surface area contributed by atoms with E-state index in [1.165, 1.54) is 26.0 Å². The third kappa shape index (κ3) is 2.63. The molecule has 0 radical (unpaired) electrons. The second kappa shape index (κ2) is 6.30. The molecule has 1 atom stereocenters. The molecule has 8 nitrogen and oxygen atoms in total. The molecule has 1 aromatic rings. The molecule has 0 fully saturated rings. The molecule has 22 heavy (non-hydrogen) atoms. The Kier molecular flexibility index (Phi) is 5.12. The molecule has 9 heteroatoms. The van der Waals surface area contributed by atoms with Crippen LogP contribution >= 0.6 is 0 Å². The molecule has 2 amide bonds. The largest absolute Gasteiger partial charge is 1.00 e. The smallest absolute Gasteiger partial charge is 0.548 e. The fourth-order valence-electron chi connectivity index (χ4n) is 2.37. The van der Waals surface area contributed by atoms with Crippen LogP contribution in [0.2, 0.25) is 0 Å². The van der Waals surface area contributed by atoms with Gasteiger partial charge in [-0.05, 0) is 12.0 Å². The number of hydrogen-bond acceptors (Lipinski definition) is 6. The molecule has 1 aliphatic rings. The van der Waals surface area contributed by atoms with E-state index in [4.69, 9.17) is 0 Å². The first kappa shape index (κ1) is 17.9. The minimum Gasteiger partial charge on any atom is -0.548 e. The van der Waals surface area contributed by atoms with Crippen LogP contribution in [0.1, 0.15) is 34.6 Å². The van der Waals surface area contributed by atoms with Crippen LogP contribution in [0.5, 0.6) is 0 Å². The molecule has 0 spiro atoms. The van der Waals surface area contributed by atoms with Crippen molar-refractivity contribution in [1.82, 2.24) is 4.90 Å². The molecular weight excluding hydrogens is 287 g/mol. The second-order valence-corrected chi connectivity index (χ2v) is 4.95. The first-order chi connectivity index (χ1) is 9.77. The van der Waals surface area contributed by atoms with E-state index < -0.39 is 40.4 Å². The molecule has 0 N–H and O–H groups in total. The molecule has 1 aliphatic heterocycles. The fraction of sp³-hybridized carbons (Fsp3) is 0.308. The Bertz CT molecular complexity index is 672. The SMILES string of the molecule is CC(C)C(C(=O)[O-])N1C(=O)c2cccc([N+](=O)[O-])c2C1=O.[Li+]. The van der Waals surface area contributed by atoms with Crippen molar-refractivity contribution in [3.05, 3.63) is 39.4 Å². The maximum atomic E-state index is 12.3. The Hall–Kier alpha value is -2.17.